The average molecular weight is 170 g/mol. The number of rotatable bonds is 4. The van der Waals surface area contributed by atoms with Crippen molar-refractivity contribution >= 4 is 6.72 Å². The molecule has 12 heavy (non-hydrogen) atoms. The quantitative estimate of drug-likeness (QED) is 0.563. The van der Waals surface area contributed by atoms with Crippen LogP contribution in [-0.4, -0.2) is 62.5 Å². The summed E-state index contributed by atoms with van der Waals surface area (Å²) < 4.78 is 0. The molecule has 0 atom stereocenters. The third-order valence-corrected chi connectivity index (χ3v) is 2.21. The van der Waals surface area contributed by atoms with E-state index in [1.54, 1.807) is 0 Å². The molecule has 1 aliphatic heterocycles. The van der Waals surface area contributed by atoms with E-state index in [0.717, 1.165) is 45.9 Å². The molecule has 1 heterocycles. The van der Waals surface area contributed by atoms with Crippen molar-refractivity contribution in [1.29, 1.82) is 0 Å². The standard InChI is InChI=1S/C8H18N4/c1-10-8-12-6-4-11(3-2-9)5-7-12/h1-9H2. The van der Waals surface area contributed by atoms with Gasteiger partial charge in [0.1, 0.15) is 0 Å². The normalized spacial score (nSPS) is 21.1. The van der Waals surface area contributed by atoms with Crippen molar-refractivity contribution in [3.63, 3.8) is 0 Å². The van der Waals surface area contributed by atoms with Gasteiger partial charge >= 0.3 is 0 Å². The van der Waals surface area contributed by atoms with Crippen LogP contribution in [0.4, 0.5) is 0 Å². The third kappa shape index (κ3) is 2.89. The Hall–Kier alpha value is -0.450. The molecule has 2 N–H and O–H groups in total. The van der Waals surface area contributed by atoms with Gasteiger partial charge in [0.05, 0.1) is 6.67 Å². The molecule has 0 aromatic rings. The van der Waals surface area contributed by atoms with Crippen molar-refractivity contribution in [3.05, 3.63) is 0 Å². The number of piperazine rings is 1. The van der Waals surface area contributed by atoms with Gasteiger partial charge in [-0.25, -0.2) is 0 Å². The molecule has 0 saturated carbocycles. The van der Waals surface area contributed by atoms with Gasteiger partial charge in [-0.1, -0.05) is 0 Å². The fourth-order valence-electron chi connectivity index (χ4n) is 1.48. The van der Waals surface area contributed by atoms with Crippen LogP contribution in [0, 0.1) is 0 Å². The molecule has 0 unspecified atom stereocenters. The second-order valence-electron chi connectivity index (χ2n) is 3.11. The molecule has 4 heteroatoms. The summed E-state index contributed by atoms with van der Waals surface area (Å²) >= 11 is 0. The fraction of sp³-hybridized carbons (Fsp3) is 0.875. The van der Waals surface area contributed by atoms with Crippen LogP contribution >= 0.6 is 0 Å². The molecule has 0 aliphatic carbocycles. The third-order valence-electron chi connectivity index (χ3n) is 2.21. The van der Waals surface area contributed by atoms with Crippen molar-refractivity contribution in [2.75, 3.05) is 45.9 Å². The number of hydrogen-bond acceptors (Lipinski definition) is 4. The molecule has 0 aromatic heterocycles. The van der Waals surface area contributed by atoms with Crippen molar-refractivity contribution in [1.82, 2.24) is 9.80 Å². The maximum absolute atomic E-state index is 5.47. The van der Waals surface area contributed by atoms with Crippen LogP contribution in [0.1, 0.15) is 0 Å². The van der Waals surface area contributed by atoms with Crippen molar-refractivity contribution < 1.29 is 0 Å². The Kier molecular flexibility index (Phi) is 4.21. The van der Waals surface area contributed by atoms with E-state index in [1.165, 1.54) is 0 Å². The molecule has 0 spiro atoms. The predicted molar refractivity (Wildman–Crippen MR) is 51.5 cm³/mol. The van der Waals surface area contributed by atoms with Gasteiger partial charge in [0.15, 0.2) is 0 Å². The summed E-state index contributed by atoms with van der Waals surface area (Å²) in [4.78, 5) is 8.56. The largest absolute Gasteiger partial charge is 0.329 e. The lowest BCUT2D eigenvalue weighted by atomic mass is 10.3. The zero-order chi connectivity index (χ0) is 8.81. The lowest BCUT2D eigenvalue weighted by Gasteiger charge is -2.33. The molecule has 1 rings (SSSR count). The zero-order valence-corrected chi connectivity index (χ0v) is 7.58. The van der Waals surface area contributed by atoms with Crippen LogP contribution in [0.2, 0.25) is 0 Å². The maximum Gasteiger partial charge on any atom is 0.0903 e. The highest BCUT2D eigenvalue weighted by Gasteiger charge is 2.14. The molecule has 1 fully saturated rings. The van der Waals surface area contributed by atoms with Gasteiger partial charge in [-0.2, -0.15) is 0 Å². The lowest BCUT2D eigenvalue weighted by Crippen LogP contribution is -2.47. The molecular weight excluding hydrogens is 152 g/mol. The van der Waals surface area contributed by atoms with E-state index in [0.29, 0.717) is 0 Å². The summed E-state index contributed by atoms with van der Waals surface area (Å²) in [5, 5.41) is 0. The van der Waals surface area contributed by atoms with E-state index in [-0.39, 0.29) is 0 Å². The zero-order valence-electron chi connectivity index (χ0n) is 7.58. The molecule has 0 amide bonds. The number of nitrogens with zero attached hydrogens (tertiary/aromatic N) is 3. The molecule has 1 aliphatic rings. The van der Waals surface area contributed by atoms with Crippen molar-refractivity contribution in [3.8, 4) is 0 Å². The Bertz CT molecular complexity index is 129. The van der Waals surface area contributed by atoms with E-state index >= 15 is 0 Å². The van der Waals surface area contributed by atoms with Gasteiger partial charge < -0.3 is 5.73 Å². The fourth-order valence-corrected chi connectivity index (χ4v) is 1.48. The Morgan fingerprint density at radius 3 is 2.25 bits per heavy atom. The van der Waals surface area contributed by atoms with Gasteiger partial charge in [-0.05, 0) is 6.72 Å². The van der Waals surface area contributed by atoms with Crippen LogP contribution in [-0.2, 0) is 0 Å². The van der Waals surface area contributed by atoms with Gasteiger partial charge in [0.25, 0.3) is 0 Å². The second kappa shape index (κ2) is 5.24. The second-order valence-corrected chi connectivity index (χ2v) is 3.11. The maximum atomic E-state index is 5.47. The number of aliphatic imine (C=N–C) groups is 1. The van der Waals surface area contributed by atoms with E-state index in [2.05, 4.69) is 21.5 Å². The van der Waals surface area contributed by atoms with Crippen LogP contribution in [0.5, 0.6) is 0 Å². The van der Waals surface area contributed by atoms with Gasteiger partial charge in [0.2, 0.25) is 0 Å². The summed E-state index contributed by atoms with van der Waals surface area (Å²) in [6.45, 7) is 10.5. The Morgan fingerprint density at radius 1 is 1.17 bits per heavy atom. The summed E-state index contributed by atoms with van der Waals surface area (Å²) in [7, 11) is 0. The van der Waals surface area contributed by atoms with Crippen LogP contribution in [0.3, 0.4) is 0 Å². The molecular formula is C8H18N4. The summed E-state index contributed by atoms with van der Waals surface area (Å²) in [6, 6.07) is 0. The Balaban J connectivity index is 2.15. The molecule has 0 radical (unpaired) electrons. The molecule has 4 nitrogen and oxygen atoms in total. The SMILES string of the molecule is C=NCN1CCN(CCN)CC1. The van der Waals surface area contributed by atoms with Crippen LogP contribution in [0.15, 0.2) is 4.99 Å². The minimum atomic E-state index is 0.764. The van der Waals surface area contributed by atoms with E-state index in [4.69, 9.17) is 5.73 Å². The smallest absolute Gasteiger partial charge is 0.0903 e. The van der Waals surface area contributed by atoms with Crippen LogP contribution in [0.25, 0.3) is 0 Å². The van der Waals surface area contributed by atoms with Crippen molar-refractivity contribution in [2.45, 2.75) is 0 Å². The monoisotopic (exact) mass is 170 g/mol. The lowest BCUT2D eigenvalue weighted by molar-refractivity contribution is 0.138. The van der Waals surface area contributed by atoms with Crippen molar-refractivity contribution in [2.24, 2.45) is 10.7 Å². The predicted octanol–water partition coefficient (Wildman–Crippen LogP) is -0.779. The highest BCUT2D eigenvalue weighted by Crippen LogP contribution is 1.99. The molecule has 70 valence electrons. The first-order valence-corrected chi connectivity index (χ1v) is 4.44. The van der Waals surface area contributed by atoms with Gasteiger partial charge in [-0.3, -0.25) is 14.8 Å². The molecule has 1 saturated heterocycles. The molecule has 0 bridgehead atoms. The van der Waals surface area contributed by atoms with E-state index < -0.39 is 0 Å². The first-order valence-electron chi connectivity index (χ1n) is 4.44. The van der Waals surface area contributed by atoms with E-state index in [1.807, 2.05) is 0 Å². The first kappa shape index (κ1) is 9.64. The highest BCUT2D eigenvalue weighted by atomic mass is 15.3. The summed E-state index contributed by atoms with van der Waals surface area (Å²) in [6.07, 6.45) is 0. The highest BCUT2D eigenvalue weighted by molar-refractivity contribution is 5.22. The topological polar surface area (TPSA) is 44.9 Å². The Labute approximate surface area is 74.0 Å². The summed E-state index contributed by atoms with van der Waals surface area (Å²) in [5.74, 6) is 0. The van der Waals surface area contributed by atoms with E-state index in [9.17, 15) is 0 Å². The first-order chi connectivity index (χ1) is 5.86. The minimum Gasteiger partial charge on any atom is -0.329 e. The summed E-state index contributed by atoms with van der Waals surface area (Å²) in [5.41, 5.74) is 5.47. The Morgan fingerprint density at radius 2 is 1.75 bits per heavy atom. The number of hydrogen-bond donors (Lipinski definition) is 1. The van der Waals surface area contributed by atoms with Gasteiger partial charge in [-0.15, -0.1) is 0 Å². The van der Waals surface area contributed by atoms with Gasteiger partial charge in [0, 0.05) is 39.3 Å². The molecule has 0 aromatic carbocycles. The minimum absolute atomic E-state index is 0.764. The number of nitrogens with two attached hydrogens (primary N) is 1. The van der Waals surface area contributed by atoms with Crippen LogP contribution < -0.4 is 5.73 Å². The average Bonchev–Trinajstić information content (AvgIpc) is 2.09.